The zero-order valence-electron chi connectivity index (χ0n) is 16.7. The van der Waals surface area contributed by atoms with Crippen LogP contribution in [0.15, 0.2) is 41.0 Å². The average Bonchev–Trinajstić information content (AvgIpc) is 3.27. The Kier molecular flexibility index (Phi) is 5.40. The van der Waals surface area contributed by atoms with Gasteiger partial charge in [-0.15, -0.1) is 10.7 Å². The third-order valence-corrected chi connectivity index (χ3v) is 5.38. The number of anilines is 2. The van der Waals surface area contributed by atoms with E-state index < -0.39 is 17.7 Å². The molecule has 9 heteroatoms. The van der Waals surface area contributed by atoms with Gasteiger partial charge in [-0.05, 0) is 49.3 Å². The van der Waals surface area contributed by atoms with E-state index in [2.05, 4.69) is 19.6 Å². The highest BCUT2D eigenvalue weighted by Crippen LogP contribution is 2.49. The molecule has 0 spiro atoms. The summed E-state index contributed by atoms with van der Waals surface area (Å²) < 4.78 is 50.2. The van der Waals surface area contributed by atoms with Gasteiger partial charge in [0.1, 0.15) is 23.7 Å². The van der Waals surface area contributed by atoms with Gasteiger partial charge < -0.3 is 10.1 Å². The van der Waals surface area contributed by atoms with E-state index in [1.165, 1.54) is 24.5 Å². The largest absolute Gasteiger partial charge is 0.491 e. The number of benzene rings is 2. The van der Waals surface area contributed by atoms with Crippen molar-refractivity contribution in [1.29, 1.82) is 0 Å². The fourth-order valence-corrected chi connectivity index (χ4v) is 3.75. The van der Waals surface area contributed by atoms with E-state index in [1.807, 2.05) is 31.6 Å². The Bertz CT molecular complexity index is 1150. The topological polar surface area (TPSA) is 59.4 Å². The van der Waals surface area contributed by atoms with E-state index >= 15 is 0 Å². The molecule has 2 aromatic carbocycles. The third-order valence-electron chi connectivity index (χ3n) is 4.80. The molecule has 1 fully saturated rings. The summed E-state index contributed by atoms with van der Waals surface area (Å²) >= 11 is 0. The van der Waals surface area contributed by atoms with E-state index in [0.717, 1.165) is 22.2 Å². The number of ether oxygens (including phenoxy) is 1. The van der Waals surface area contributed by atoms with Gasteiger partial charge >= 0.3 is 0 Å². The SMILES string of the molecule is Cc1cc(N=S(C)C)cc2ncnc(Nc3ccc(F)cc3OCC3CC3(F)F)c12. The lowest BCUT2D eigenvalue weighted by molar-refractivity contribution is 0.0856. The van der Waals surface area contributed by atoms with E-state index in [4.69, 9.17) is 4.74 Å². The van der Waals surface area contributed by atoms with Crippen molar-refractivity contribution >= 4 is 38.8 Å². The molecule has 1 saturated carbocycles. The van der Waals surface area contributed by atoms with Gasteiger partial charge in [-0.25, -0.2) is 27.5 Å². The van der Waals surface area contributed by atoms with Crippen LogP contribution < -0.4 is 10.1 Å². The number of hydrogen-bond acceptors (Lipinski definition) is 5. The van der Waals surface area contributed by atoms with Gasteiger partial charge in [-0.1, -0.05) is 0 Å². The van der Waals surface area contributed by atoms with E-state index in [0.29, 0.717) is 11.5 Å². The standard InChI is InChI=1S/C21H21F3N4OS/c1-12-6-15(28-30(2)3)8-17-19(12)20(26-11-25-17)27-16-5-4-14(22)7-18(16)29-10-13-9-21(13,23)24/h4-8,11,13H,9-10H2,1-3H3,(H,25,26,27). The molecular weight excluding hydrogens is 413 g/mol. The summed E-state index contributed by atoms with van der Waals surface area (Å²) in [5.74, 6) is -3.36. The van der Waals surface area contributed by atoms with Crippen LogP contribution in [-0.4, -0.2) is 35.0 Å². The van der Waals surface area contributed by atoms with Gasteiger partial charge in [0.25, 0.3) is 5.92 Å². The van der Waals surface area contributed by atoms with Crippen LogP contribution in [0, 0.1) is 18.7 Å². The minimum atomic E-state index is -2.69. The maximum atomic E-state index is 13.8. The molecule has 5 nitrogen and oxygen atoms in total. The van der Waals surface area contributed by atoms with Gasteiger partial charge in [-0.2, -0.15) is 0 Å². The molecule has 0 radical (unpaired) electrons. The van der Waals surface area contributed by atoms with Crippen molar-refractivity contribution in [1.82, 2.24) is 9.97 Å². The van der Waals surface area contributed by atoms with Crippen LogP contribution >= 0.6 is 0 Å². The molecule has 0 amide bonds. The Hall–Kier alpha value is -2.68. The second-order valence-electron chi connectivity index (χ2n) is 7.48. The number of alkyl halides is 2. The normalized spacial score (nSPS) is 17.2. The monoisotopic (exact) mass is 434 g/mol. The van der Waals surface area contributed by atoms with E-state index in [-0.39, 0.29) is 29.5 Å². The molecule has 1 N–H and O–H groups in total. The lowest BCUT2D eigenvalue weighted by Gasteiger charge is -2.15. The lowest BCUT2D eigenvalue weighted by Crippen LogP contribution is -2.07. The number of nitrogens with one attached hydrogen (secondary N) is 1. The van der Waals surface area contributed by atoms with Crippen LogP contribution in [0.4, 0.5) is 30.4 Å². The zero-order valence-corrected chi connectivity index (χ0v) is 17.6. The smallest absolute Gasteiger partial charge is 0.255 e. The second-order valence-corrected chi connectivity index (χ2v) is 9.21. The highest BCUT2D eigenvalue weighted by atomic mass is 32.2. The van der Waals surface area contributed by atoms with Crippen molar-refractivity contribution in [2.45, 2.75) is 19.3 Å². The van der Waals surface area contributed by atoms with Gasteiger partial charge in [0.05, 0.1) is 29.4 Å². The lowest BCUT2D eigenvalue weighted by atomic mass is 10.1. The molecule has 0 saturated heterocycles. The van der Waals surface area contributed by atoms with E-state index in [1.54, 1.807) is 0 Å². The van der Waals surface area contributed by atoms with Crippen LogP contribution in [0.1, 0.15) is 12.0 Å². The Balaban J connectivity index is 1.66. The minimum absolute atomic E-state index is 0.106. The van der Waals surface area contributed by atoms with Crippen LogP contribution in [0.5, 0.6) is 5.75 Å². The molecule has 4 rings (SSSR count). The molecule has 1 heterocycles. The minimum Gasteiger partial charge on any atom is -0.491 e. The van der Waals surface area contributed by atoms with E-state index in [9.17, 15) is 13.2 Å². The molecule has 0 aliphatic heterocycles. The summed E-state index contributed by atoms with van der Waals surface area (Å²) in [5.41, 5.74) is 2.94. The molecule has 1 unspecified atom stereocenters. The third kappa shape index (κ3) is 4.40. The van der Waals surface area contributed by atoms with Crippen molar-refractivity contribution in [3.8, 4) is 5.75 Å². The quantitative estimate of drug-likeness (QED) is 0.553. The van der Waals surface area contributed by atoms with Crippen LogP contribution in [0.2, 0.25) is 0 Å². The van der Waals surface area contributed by atoms with Gasteiger partial charge in [-0.3, -0.25) is 0 Å². The molecule has 0 bridgehead atoms. The highest BCUT2D eigenvalue weighted by molar-refractivity contribution is 7.85. The first-order chi connectivity index (χ1) is 14.2. The summed E-state index contributed by atoms with van der Waals surface area (Å²) in [5, 5.41) is 3.95. The summed E-state index contributed by atoms with van der Waals surface area (Å²) in [6.07, 6.45) is 5.28. The number of hydrogen-bond donors (Lipinski definition) is 1. The summed E-state index contributed by atoms with van der Waals surface area (Å²) in [7, 11) is -0.106. The van der Waals surface area contributed by atoms with Crippen LogP contribution in [0.25, 0.3) is 10.9 Å². The molecule has 1 aliphatic rings. The maximum Gasteiger partial charge on any atom is 0.255 e. The number of fused-ring (bicyclic) bond motifs is 1. The molecule has 1 aliphatic carbocycles. The predicted octanol–water partition coefficient (Wildman–Crippen LogP) is 5.55. The first kappa shape index (κ1) is 20.6. The summed E-state index contributed by atoms with van der Waals surface area (Å²) in [6.45, 7) is 1.77. The van der Waals surface area contributed by atoms with Crippen molar-refractivity contribution in [2.75, 3.05) is 24.4 Å². The Morgan fingerprint density at radius 1 is 1.23 bits per heavy atom. The average molecular weight is 434 g/mol. The van der Waals surface area contributed by atoms with Crippen LogP contribution in [-0.2, 0) is 10.7 Å². The first-order valence-corrected chi connectivity index (χ1v) is 11.3. The molecular formula is C21H21F3N4OS. The number of aryl methyl sites for hydroxylation is 1. The summed E-state index contributed by atoms with van der Waals surface area (Å²) in [6, 6.07) is 7.81. The first-order valence-electron chi connectivity index (χ1n) is 9.35. The molecule has 30 heavy (non-hydrogen) atoms. The van der Waals surface area contributed by atoms with Crippen LogP contribution in [0.3, 0.4) is 0 Å². The zero-order chi connectivity index (χ0) is 21.5. The van der Waals surface area contributed by atoms with Crippen molar-refractivity contribution in [3.63, 3.8) is 0 Å². The Morgan fingerprint density at radius 3 is 2.70 bits per heavy atom. The fourth-order valence-electron chi connectivity index (χ4n) is 3.22. The molecule has 158 valence electrons. The molecule has 1 aromatic heterocycles. The Morgan fingerprint density at radius 2 is 2.00 bits per heavy atom. The fraction of sp³-hybridized carbons (Fsp3) is 0.333. The highest BCUT2D eigenvalue weighted by Gasteiger charge is 2.57. The number of halogens is 3. The van der Waals surface area contributed by atoms with Gasteiger partial charge in [0.2, 0.25) is 0 Å². The number of rotatable bonds is 6. The van der Waals surface area contributed by atoms with Crippen molar-refractivity contribution < 1.29 is 17.9 Å². The van der Waals surface area contributed by atoms with Crippen molar-refractivity contribution in [3.05, 3.63) is 48.0 Å². The molecule has 3 aromatic rings. The number of nitrogens with zero attached hydrogens (tertiary/aromatic N) is 3. The second kappa shape index (κ2) is 7.86. The number of aromatic nitrogens is 2. The maximum absolute atomic E-state index is 13.8. The Labute approximate surface area is 174 Å². The van der Waals surface area contributed by atoms with Gasteiger partial charge in [0, 0.05) is 17.9 Å². The summed E-state index contributed by atoms with van der Waals surface area (Å²) in [4.78, 5) is 8.68. The van der Waals surface area contributed by atoms with Gasteiger partial charge in [0.15, 0.2) is 0 Å². The molecule has 1 atom stereocenters. The predicted molar refractivity (Wildman–Crippen MR) is 114 cm³/mol. The van der Waals surface area contributed by atoms with Crippen molar-refractivity contribution in [2.24, 2.45) is 10.3 Å².